The van der Waals surface area contributed by atoms with Crippen molar-refractivity contribution in [1.29, 1.82) is 0 Å². The molecule has 0 bridgehead atoms. The first-order chi connectivity index (χ1) is 15.8. The molecular formula is C22H16Cl3F3N2O3S. The predicted octanol–water partition coefficient (Wildman–Crippen LogP) is 6.81. The Morgan fingerprint density at radius 1 is 0.941 bits per heavy atom. The largest absolute Gasteiger partial charge is 0.418 e. The van der Waals surface area contributed by atoms with Gasteiger partial charge in [0.05, 0.1) is 26.9 Å². The Bertz CT molecular complexity index is 1330. The van der Waals surface area contributed by atoms with Gasteiger partial charge in [0, 0.05) is 10.0 Å². The Morgan fingerprint density at radius 2 is 1.53 bits per heavy atom. The van der Waals surface area contributed by atoms with Gasteiger partial charge in [0.2, 0.25) is 5.91 Å². The van der Waals surface area contributed by atoms with Crippen LogP contribution >= 0.6 is 34.8 Å². The number of aryl methyl sites for hydroxylation is 1. The molecule has 0 aromatic heterocycles. The Hall–Kier alpha value is -2.46. The molecule has 0 aliphatic heterocycles. The number of hydrogen-bond acceptors (Lipinski definition) is 3. The first-order valence-corrected chi connectivity index (χ1v) is 12.1. The molecule has 0 aliphatic rings. The van der Waals surface area contributed by atoms with E-state index in [9.17, 15) is 26.4 Å². The number of nitrogens with zero attached hydrogens (tertiary/aromatic N) is 1. The summed E-state index contributed by atoms with van der Waals surface area (Å²) in [5.74, 6) is -1.04. The Labute approximate surface area is 209 Å². The first-order valence-electron chi connectivity index (χ1n) is 9.50. The van der Waals surface area contributed by atoms with Crippen LogP contribution in [0.5, 0.6) is 0 Å². The molecule has 0 radical (unpaired) electrons. The van der Waals surface area contributed by atoms with E-state index in [1.807, 2.05) is 0 Å². The fourth-order valence-electron chi connectivity index (χ4n) is 2.99. The minimum Gasteiger partial charge on any atom is -0.324 e. The number of rotatable bonds is 6. The van der Waals surface area contributed by atoms with E-state index in [0.717, 1.165) is 11.6 Å². The molecule has 0 fully saturated rings. The molecular weight excluding hydrogens is 536 g/mol. The van der Waals surface area contributed by atoms with Crippen molar-refractivity contribution in [1.82, 2.24) is 0 Å². The summed E-state index contributed by atoms with van der Waals surface area (Å²) in [6, 6.07) is 12.6. The van der Waals surface area contributed by atoms with Crippen LogP contribution in [0.4, 0.5) is 24.5 Å². The summed E-state index contributed by atoms with van der Waals surface area (Å²) in [5.41, 5.74) is -1.07. The summed E-state index contributed by atoms with van der Waals surface area (Å²) in [7, 11) is -4.36. The first kappa shape index (κ1) is 26.2. The number of alkyl halides is 3. The van der Waals surface area contributed by atoms with E-state index in [-0.39, 0.29) is 25.7 Å². The van der Waals surface area contributed by atoms with Crippen molar-refractivity contribution in [2.75, 3.05) is 16.2 Å². The average molecular weight is 552 g/mol. The zero-order chi connectivity index (χ0) is 25.3. The van der Waals surface area contributed by atoms with Gasteiger partial charge in [-0.15, -0.1) is 0 Å². The number of benzene rings is 3. The summed E-state index contributed by atoms with van der Waals surface area (Å²) in [6.45, 7) is 0.885. The van der Waals surface area contributed by atoms with Crippen LogP contribution in [-0.4, -0.2) is 20.9 Å². The zero-order valence-corrected chi connectivity index (χ0v) is 20.4. The number of carbonyl (C=O) groups is 1. The topological polar surface area (TPSA) is 66.5 Å². The van der Waals surface area contributed by atoms with Gasteiger partial charge < -0.3 is 5.32 Å². The van der Waals surface area contributed by atoms with Gasteiger partial charge in [-0.1, -0.05) is 52.5 Å². The third-order valence-electron chi connectivity index (χ3n) is 4.63. The molecule has 5 nitrogen and oxygen atoms in total. The summed E-state index contributed by atoms with van der Waals surface area (Å²) in [6.07, 6.45) is -4.81. The maximum atomic E-state index is 13.4. The maximum Gasteiger partial charge on any atom is 0.418 e. The highest BCUT2D eigenvalue weighted by atomic mass is 35.5. The van der Waals surface area contributed by atoms with Gasteiger partial charge in [0.25, 0.3) is 10.0 Å². The highest BCUT2D eigenvalue weighted by Gasteiger charge is 2.35. The molecule has 0 aliphatic carbocycles. The van der Waals surface area contributed by atoms with Gasteiger partial charge in [0.1, 0.15) is 6.54 Å². The lowest BCUT2D eigenvalue weighted by atomic mass is 10.1. The molecule has 1 N–H and O–H groups in total. The van der Waals surface area contributed by atoms with Crippen molar-refractivity contribution >= 4 is 62.1 Å². The van der Waals surface area contributed by atoms with Crippen molar-refractivity contribution in [3.05, 3.63) is 86.9 Å². The van der Waals surface area contributed by atoms with Crippen LogP contribution in [0, 0.1) is 6.92 Å². The van der Waals surface area contributed by atoms with E-state index in [4.69, 9.17) is 34.8 Å². The molecule has 0 atom stereocenters. The second-order valence-corrected chi connectivity index (χ2v) is 10.3. The maximum absolute atomic E-state index is 13.4. The summed E-state index contributed by atoms with van der Waals surface area (Å²) in [4.78, 5) is 12.6. The van der Waals surface area contributed by atoms with Crippen molar-refractivity contribution < 1.29 is 26.4 Å². The zero-order valence-electron chi connectivity index (χ0n) is 17.3. The van der Waals surface area contributed by atoms with Crippen LogP contribution in [0.2, 0.25) is 15.1 Å². The van der Waals surface area contributed by atoms with Gasteiger partial charge in [-0.3, -0.25) is 9.10 Å². The molecule has 3 aromatic carbocycles. The third kappa shape index (κ3) is 5.96. The molecule has 0 spiro atoms. The number of sulfonamides is 1. The Morgan fingerprint density at radius 3 is 2.15 bits per heavy atom. The number of halogens is 6. The summed E-state index contributed by atoms with van der Waals surface area (Å²) < 4.78 is 67.7. The van der Waals surface area contributed by atoms with Crippen LogP contribution in [0.3, 0.4) is 0 Å². The number of carbonyl (C=O) groups excluding carboxylic acids is 1. The molecule has 34 heavy (non-hydrogen) atoms. The fraction of sp³-hybridized carbons (Fsp3) is 0.136. The average Bonchev–Trinajstić information content (AvgIpc) is 2.74. The second kappa shape index (κ2) is 10.0. The van der Waals surface area contributed by atoms with E-state index in [2.05, 4.69) is 5.32 Å². The number of hydrogen-bond donors (Lipinski definition) is 1. The van der Waals surface area contributed by atoms with Gasteiger partial charge in [-0.2, -0.15) is 13.2 Å². The van der Waals surface area contributed by atoms with E-state index in [0.29, 0.717) is 10.4 Å². The molecule has 3 rings (SSSR count). The quantitative estimate of drug-likeness (QED) is 0.366. The fourth-order valence-corrected chi connectivity index (χ4v) is 5.03. The Kier molecular flexibility index (Phi) is 7.72. The normalized spacial score (nSPS) is 11.9. The van der Waals surface area contributed by atoms with Crippen molar-refractivity contribution in [3.8, 4) is 0 Å². The molecule has 0 unspecified atom stereocenters. The van der Waals surface area contributed by atoms with Crippen molar-refractivity contribution in [3.63, 3.8) is 0 Å². The highest BCUT2D eigenvalue weighted by molar-refractivity contribution is 7.92. The minimum absolute atomic E-state index is 0.0321. The highest BCUT2D eigenvalue weighted by Crippen LogP contribution is 2.37. The number of amides is 1. The summed E-state index contributed by atoms with van der Waals surface area (Å²) >= 11 is 17.9. The van der Waals surface area contributed by atoms with Crippen LogP contribution in [0.25, 0.3) is 0 Å². The smallest absolute Gasteiger partial charge is 0.324 e. The lowest BCUT2D eigenvalue weighted by Crippen LogP contribution is -2.38. The van der Waals surface area contributed by atoms with Crippen LogP contribution in [-0.2, 0) is 21.0 Å². The standard InChI is InChI=1S/C22H16Cl3F3N2O3S/c1-13-2-6-16(7-3-13)34(32,33)30(20-11-15(24)4-8-18(20)25)12-21(31)29-19-9-5-14(23)10-17(19)22(26,27)28/h2-11H,12H2,1H3,(H,29,31). The molecule has 0 heterocycles. The van der Waals surface area contributed by atoms with Gasteiger partial charge in [-0.25, -0.2) is 8.42 Å². The van der Waals surface area contributed by atoms with E-state index in [1.54, 1.807) is 19.1 Å². The van der Waals surface area contributed by atoms with Crippen LogP contribution < -0.4 is 9.62 Å². The monoisotopic (exact) mass is 550 g/mol. The third-order valence-corrected chi connectivity index (χ3v) is 7.20. The lowest BCUT2D eigenvalue weighted by Gasteiger charge is -2.25. The van der Waals surface area contributed by atoms with Crippen molar-refractivity contribution in [2.24, 2.45) is 0 Å². The van der Waals surface area contributed by atoms with Gasteiger partial charge >= 0.3 is 6.18 Å². The van der Waals surface area contributed by atoms with Gasteiger partial charge in [0.15, 0.2) is 0 Å². The van der Waals surface area contributed by atoms with Crippen LogP contribution in [0.1, 0.15) is 11.1 Å². The summed E-state index contributed by atoms with van der Waals surface area (Å²) in [5, 5.41) is 2.04. The second-order valence-electron chi connectivity index (χ2n) is 7.16. The van der Waals surface area contributed by atoms with Crippen molar-refractivity contribution in [2.45, 2.75) is 18.0 Å². The Balaban J connectivity index is 2.03. The molecule has 1 amide bonds. The van der Waals surface area contributed by atoms with Gasteiger partial charge in [-0.05, 0) is 55.5 Å². The molecule has 180 valence electrons. The van der Waals surface area contributed by atoms with E-state index >= 15 is 0 Å². The van der Waals surface area contributed by atoms with Crippen LogP contribution in [0.15, 0.2) is 65.6 Å². The predicted molar refractivity (Wildman–Crippen MR) is 127 cm³/mol. The van der Waals surface area contributed by atoms with E-state index < -0.39 is 39.9 Å². The van der Waals surface area contributed by atoms with E-state index in [1.165, 1.54) is 36.4 Å². The number of anilines is 2. The number of nitrogens with one attached hydrogen (secondary N) is 1. The molecule has 12 heteroatoms. The molecule has 0 saturated heterocycles. The molecule has 3 aromatic rings. The molecule has 0 saturated carbocycles. The minimum atomic E-state index is -4.81. The lowest BCUT2D eigenvalue weighted by molar-refractivity contribution is -0.137. The SMILES string of the molecule is Cc1ccc(S(=O)(=O)N(CC(=O)Nc2ccc(Cl)cc2C(F)(F)F)c2cc(Cl)ccc2Cl)cc1.